The Hall–Kier alpha value is -0.900. The van der Waals surface area contributed by atoms with Gasteiger partial charge in [-0.05, 0) is 30.5 Å². The van der Waals surface area contributed by atoms with Gasteiger partial charge in [-0.15, -0.1) is 0 Å². The van der Waals surface area contributed by atoms with Crippen LogP contribution in [0.1, 0.15) is 16.7 Å². The Labute approximate surface area is 84.5 Å². The molecule has 0 amide bonds. The lowest BCUT2D eigenvalue weighted by atomic mass is 10.1. The zero-order valence-electron chi connectivity index (χ0n) is 8.66. The second-order valence-electron chi connectivity index (χ2n) is 3.45. The van der Waals surface area contributed by atoms with E-state index >= 15 is 0 Å². The van der Waals surface area contributed by atoms with Crippen LogP contribution in [0.2, 0.25) is 0 Å². The van der Waals surface area contributed by atoms with Crippen molar-refractivity contribution in [3.8, 4) is 0 Å². The van der Waals surface area contributed by atoms with E-state index in [-0.39, 0.29) is 6.61 Å². The molecule has 1 unspecified atom stereocenters. The number of nitrogens with two attached hydrogens (primary N) is 1. The van der Waals surface area contributed by atoms with Crippen molar-refractivity contribution >= 4 is 0 Å². The van der Waals surface area contributed by atoms with Gasteiger partial charge in [0.25, 0.3) is 0 Å². The Balaban J connectivity index is 2.55. The predicted molar refractivity (Wildman–Crippen MR) is 55.8 cm³/mol. The summed E-state index contributed by atoms with van der Waals surface area (Å²) in [4.78, 5) is 0. The lowest BCUT2D eigenvalue weighted by molar-refractivity contribution is 0.00679. The molecule has 0 saturated carbocycles. The monoisotopic (exact) mass is 195 g/mol. The standard InChI is InChI=1S/C11H17NO2/c1-8-3-4-10(5-9(8)2)7-14-11(12)6-13/h3-5,11,13H,6-7,12H2,1-2H3. The first kappa shape index (κ1) is 11.2. The van der Waals surface area contributed by atoms with E-state index in [4.69, 9.17) is 15.6 Å². The fourth-order valence-corrected chi connectivity index (χ4v) is 1.15. The minimum atomic E-state index is -0.586. The minimum Gasteiger partial charge on any atom is -0.392 e. The number of hydrogen-bond donors (Lipinski definition) is 2. The number of ether oxygens (including phenoxy) is 1. The SMILES string of the molecule is Cc1ccc(COC(N)CO)cc1C. The van der Waals surface area contributed by atoms with Crippen molar-refractivity contribution in [3.63, 3.8) is 0 Å². The van der Waals surface area contributed by atoms with Gasteiger partial charge in [0.1, 0.15) is 6.23 Å². The van der Waals surface area contributed by atoms with Crippen LogP contribution in [0.5, 0.6) is 0 Å². The molecule has 1 atom stereocenters. The van der Waals surface area contributed by atoms with E-state index in [1.54, 1.807) is 0 Å². The number of rotatable bonds is 4. The average molecular weight is 195 g/mol. The van der Waals surface area contributed by atoms with Gasteiger partial charge in [-0.25, -0.2) is 0 Å². The average Bonchev–Trinajstić information content (AvgIpc) is 2.19. The van der Waals surface area contributed by atoms with Gasteiger partial charge in [0.2, 0.25) is 0 Å². The van der Waals surface area contributed by atoms with Crippen LogP contribution in [-0.2, 0) is 11.3 Å². The van der Waals surface area contributed by atoms with E-state index in [2.05, 4.69) is 26.0 Å². The Morgan fingerprint density at radius 2 is 2.07 bits per heavy atom. The molecule has 3 N–H and O–H groups in total. The van der Waals surface area contributed by atoms with Gasteiger partial charge in [-0.3, -0.25) is 0 Å². The van der Waals surface area contributed by atoms with Crippen molar-refractivity contribution in [3.05, 3.63) is 34.9 Å². The summed E-state index contributed by atoms with van der Waals surface area (Å²) in [5, 5.41) is 8.66. The number of aliphatic hydroxyl groups is 1. The Bertz CT molecular complexity index is 299. The van der Waals surface area contributed by atoms with Crippen molar-refractivity contribution in [1.82, 2.24) is 0 Å². The molecule has 0 aliphatic rings. The molecule has 0 radical (unpaired) electrons. The zero-order valence-corrected chi connectivity index (χ0v) is 8.66. The van der Waals surface area contributed by atoms with Gasteiger partial charge < -0.3 is 15.6 Å². The number of hydrogen-bond acceptors (Lipinski definition) is 3. The lowest BCUT2D eigenvalue weighted by Gasteiger charge is -2.10. The van der Waals surface area contributed by atoms with E-state index < -0.39 is 6.23 Å². The van der Waals surface area contributed by atoms with E-state index in [1.807, 2.05) is 6.07 Å². The van der Waals surface area contributed by atoms with Crippen LogP contribution < -0.4 is 5.73 Å². The van der Waals surface area contributed by atoms with E-state index in [0.29, 0.717) is 6.61 Å². The van der Waals surface area contributed by atoms with Gasteiger partial charge >= 0.3 is 0 Å². The first-order valence-corrected chi connectivity index (χ1v) is 4.67. The Morgan fingerprint density at radius 1 is 1.36 bits per heavy atom. The molecular weight excluding hydrogens is 178 g/mol. The van der Waals surface area contributed by atoms with Crippen molar-refractivity contribution in [2.45, 2.75) is 26.7 Å². The molecule has 0 saturated heterocycles. The van der Waals surface area contributed by atoms with Crippen LogP contribution in [0, 0.1) is 13.8 Å². The topological polar surface area (TPSA) is 55.5 Å². The van der Waals surface area contributed by atoms with Gasteiger partial charge in [0.15, 0.2) is 0 Å². The van der Waals surface area contributed by atoms with E-state index in [1.165, 1.54) is 11.1 Å². The summed E-state index contributed by atoms with van der Waals surface area (Å²) >= 11 is 0. The molecule has 3 nitrogen and oxygen atoms in total. The first-order chi connectivity index (χ1) is 6.63. The molecule has 1 rings (SSSR count). The Kier molecular flexibility index (Phi) is 4.07. The van der Waals surface area contributed by atoms with Crippen molar-refractivity contribution < 1.29 is 9.84 Å². The molecule has 1 aromatic carbocycles. The normalized spacial score (nSPS) is 12.9. The summed E-state index contributed by atoms with van der Waals surface area (Å²) in [7, 11) is 0. The lowest BCUT2D eigenvalue weighted by Crippen LogP contribution is -2.27. The molecular formula is C11H17NO2. The molecule has 14 heavy (non-hydrogen) atoms. The molecule has 3 heteroatoms. The van der Waals surface area contributed by atoms with Gasteiger partial charge in [0.05, 0.1) is 13.2 Å². The fourth-order valence-electron chi connectivity index (χ4n) is 1.15. The summed E-state index contributed by atoms with van der Waals surface area (Å²) in [6.07, 6.45) is -0.586. The van der Waals surface area contributed by atoms with Crippen LogP contribution in [0.25, 0.3) is 0 Å². The third-order valence-electron chi connectivity index (χ3n) is 2.22. The molecule has 0 aromatic heterocycles. The summed E-state index contributed by atoms with van der Waals surface area (Å²) in [5.74, 6) is 0. The van der Waals surface area contributed by atoms with E-state index in [0.717, 1.165) is 5.56 Å². The second-order valence-corrected chi connectivity index (χ2v) is 3.45. The maximum absolute atomic E-state index is 8.66. The third kappa shape index (κ3) is 3.10. The highest BCUT2D eigenvalue weighted by molar-refractivity contribution is 5.29. The molecule has 0 spiro atoms. The zero-order chi connectivity index (χ0) is 10.6. The highest BCUT2D eigenvalue weighted by Crippen LogP contribution is 2.10. The Morgan fingerprint density at radius 3 is 2.64 bits per heavy atom. The van der Waals surface area contributed by atoms with Crippen LogP contribution >= 0.6 is 0 Å². The molecule has 0 aliphatic heterocycles. The molecule has 0 aliphatic carbocycles. The number of aliphatic hydroxyl groups excluding tert-OH is 1. The number of benzene rings is 1. The quantitative estimate of drug-likeness (QED) is 0.707. The highest BCUT2D eigenvalue weighted by atomic mass is 16.5. The number of aryl methyl sites for hydroxylation is 2. The second kappa shape index (κ2) is 5.10. The summed E-state index contributed by atoms with van der Waals surface area (Å²) in [6, 6.07) is 6.13. The van der Waals surface area contributed by atoms with Gasteiger partial charge in [-0.2, -0.15) is 0 Å². The fraction of sp³-hybridized carbons (Fsp3) is 0.455. The third-order valence-corrected chi connectivity index (χ3v) is 2.22. The van der Waals surface area contributed by atoms with Crippen molar-refractivity contribution in [2.24, 2.45) is 5.73 Å². The summed E-state index contributed by atoms with van der Waals surface area (Å²) < 4.78 is 5.20. The van der Waals surface area contributed by atoms with Crippen LogP contribution in [0.15, 0.2) is 18.2 Å². The van der Waals surface area contributed by atoms with Crippen molar-refractivity contribution in [1.29, 1.82) is 0 Å². The molecule has 1 aromatic rings. The predicted octanol–water partition coefficient (Wildman–Crippen LogP) is 1.10. The van der Waals surface area contributed by atoms with Gasteiger partial charge in [0, 0.05) is 0 Å². The van der Waals surface area contributed by atoms with E-state index in [9.17, 15) is 0 Å². The molecule has 0 heterocycles. The van der Waals surface area contributed by atoms with Crippen molar-refractivity contribution in [2.75, 3.05) is 6.61 Å². The summed E-state index contributed by atoms with van der Waals surface area (Å²) in [6.45, 7) is 4.43. The molecule has 0 fully saturated rings. The van der Waals surface area contributed by atoms with Gasteiger partial charge in [-0.1, -0.05) is 18.2 Å². The smallest absolute Gasteiger partial charge is 0.129 e. The highest BCUT2D eigenvalue weighted by Gasteiger charge is 2.01. The minimum absolute atomic E-state index is 0.148. The van der Waals surface area contributed by atoms with Crippen LogP contribution in [0.4, 0.5) is 0 Å². The summed E-state index contributed by atoms with van der Waals surface area (Å²) in [5.41, 5.74) is 9.00. The van der Waals surface area contributed by atoms with Crippen LogP contribution in [0.3, 0.4) is 0 Å². The molecule has 78 valence electrons. The molecule has 0 bridgehead atoms. The first-order valence-electron chi connectivity index (χ1n) is 4.67. The largest absolute Gasteiger partial charge is 0.392 e. The van der Waals surface area contributed by atoms with Crippen LogP contribution in [-0.4, -0.2) is 17.9 Å². The maximum atomic E-state index is 8.66. The maximum Gasteiger partial charge on any atom is 0.129 e.